The number of nitrogens with one attached hydrogen (secondary N) is 2. The molecule has 3 heteroatoms. The zero-order chi connectivity index (χ0) is 10.1. The van der Waals surface area contributed by atoms with Crippen LogP contribution in [-0.4, -0.2) is 24.2 Å². The molecule has 1 unspecified atom stereocenters. The molecular weight excluding hydrogens is 174 g/mol. The molecule has 2 rings (SSSR count). The molecule has 2 aliphatic rings. The van der Waals surface area contributed by atoms with Crippen molar-refractivity contribution in [2.24, 2.45) is 5.92 Å². The maximum Gasteiger partial charge on any atom is 0.0845 e. The molecule has 0 saturated heterocycles. The first kappa shape index (κ1) is 9.44. The predicted octanol–water partition coefficient (Wildman–Crippen LogP) is 1.22. The summed E-state index contributed by atoms with van der Waals surface area (Å²) in [4.78, 5) is 2.41. The first-order chi connectivity index (χ1) is 6.68. The molecule has 0 aromatic carbocycles. The lowest BCUT2D eigenvalue weighted by Crippen LogP contribution is -2.32. The summed E-state index contributed by atoms with van der Waals surface area (Å²) in [5.74, 6) is 0.695. The summed E-state index contributed by atoms with van der Waals surface area (Å²) in [6.07, 6.45) is 4.37. The van der Waals surface area contributed by atoms with Crippen LogP contribution in [0.3, 0.4) is 0 Å². The Hall–Kier alpha value is -1.12. The smallest absolute Gasteiger partial charge is 0.0845 e. The van der Waals surface area contributed by atoms with Crippen LogP contribution >= 0.6 is 0 Å². The molecule has 1 atom stereocenters. The third kappa shape index (κ3) is 1.59. The van der Waals surface area contributed by atoms with Crippen LogP contribution in [0.25, 0.3) is 0 Å². The van der Waals surface area contributed by atoms with Crippen molar-refractivity contribution in [3.8, 4) is 0 Å². The van der Waals surface area contributed by atoms with Gasteiger partial charge in [-0.05, 0) is 12.8 Å². The molecule has 14 heavy (non-hydrogen) atoms. The van der Waals surface area contributed by atoms with E-state index < -0.39 is 0 Å². The highest BCUT2D eigenvalue weighted by atomic mass is 15.2. The summed E-state index contributed by atoms with van der Waals surface area (Å²) in [5.41, 5.74) is 2.67. The highest BCUT2D eigenvalue weighted by Crippen LogP contribution is 2.23. The minimum absolute atomic E-state index is 0.607. The summed E-state index contributed by atoms with van der Waals surface area (Å²) in [6, 6.07) is 0.607. The van der Waals surface area contributed by atoms with Gasteiger partial charge < -0.3 is 15.5 Å². The minimum atomic E-state index is 0.607. The average Bonchev–Trinajstić information content (AvgIpc) is 2.59. The Labute approximate surface area is 85.9 Å². The van der Waals surface area contributed by atoms with E-state index in [9.17, 15) is 0 Å². The molecule has 0 fully saturated rings. The fourth-order valence-corrected chi connectivity index (χ4v) is 1.82. The molecule has 0 aliphatic carbocycles. The molecule has 2 aliphatic heterocycles. The lowest BCUT2D eigenvalue weighted by atomic mass is 10.1. The van der Waals surface area contributed by atoms with Crippen LogP contribution in [0.2, 0.25) is 0 Å². The Bertz CT molecular complexity index is 278. The van der Waals surface area contributed by atoms with Crippen LogP contribution in [0.5, 0.6) is 0 Å². The van der Waals surface area contributed by atoms with Gasteiger partial charge in [0.05, 0.1) is 12.4 Å². The lowest BCUT2D eigenvalue weighted by molar-refractivity contribution is 0.263. The zero-order valence-electron chi connectivity index (χ0n) is 9.17. The summed E-state index contributed by atoms with van der Waals surface area (Å²) in [6.45, 7) is 8.71. The molecule has 0 amide bonds. The van der Waals surface area contributed by atoms with E-state index in [2.05, 4.69) is 48.7 Å². The van der Waals surface area contributed by atoms with Gasteiger partial charge in [0.15, 0.2) is 0 Å². The van der Waals surface area contributed by atoms with Gasteiger partial charge in [-0.25, -0.2) is 0 Å². The third-order valence-corrected chi connectivity index (χ3v) is 3.14. The third-order valence-electron chi connectivity index (χ3n) is 3.14. The second kappa shape index (κ2) is 3.56. The van der Waals surface area contributed by atoms with Gasteiger partial charge in [0.1, 0.15) is 0 Å². The molecule has 0 spiro atoms. The highest BCUT2D eigenvalue weighted by Gasteiger charge is 2.24. The van der Waals surface area contributed by atoms with Crippen molar-refractivity contribution in [1.29, 1.82) is 0 Å². The van der Waals surface area contributed by atoms with E-state index in [1.54, 1.807) is 0 Å². The quantitative estimate of drug-likeness (QED) is 0.690. The first-order valence-corrected chi connectivity index (χ1v) is 5.32. The van der Waals surface area contributed by atoms with Crippen molar-refractivity contribution in [1.82, 2.24) is 15.5 Å². The zero-order valence-corrected chi connectivity index (χ0v) is 9.17. The van der Waals surface area contributed by atoms with E-state index >= 15 is 0 Å². The standard InChI is InChI=1S/C11H19N3/c1-8(2)9(3)14-5-10-4-12-7-13-11(10)6-14/h4,6,8-9,12-13H,5,7H2,1-3H3. The molecule has 0 bridgehead atoms. The first-order valence-electron chi connectivity index (χ1n) is 5.32. The van der Waals surface area contributed by atoms with Crippen LogP contribution < -0.4 is 10.6 Å². The number of hydrogen-bond donors (Lipinski definition) is 2. The number of nitrogens with zero attached hydrogens (tertiary/aromatic N) is 1. The fourth-order valence-electron chi connectivity index (χ4n) is 1.82. The SMILES string of the molecule is CC(C)C(C)N1C=C2NCNC=C2C1. The van der Waals surface area contributed by atoms with Gasteiger partial charge in [-0.2, -0.15) is 0 Å². The van der Waals surface area contributed by atoms with Crippen molar-refractivity contribution in [3.63, 3.8) is 0 Å². The molecule has 0 radical (unpaired) electrons. The number of hydrogen-bond acceptors (Lipinski definition) is 3. The second-order valence-electron chi connectivity index (χ2n) is 4.43. The van der Waals surface area contributed by atoms with Crippen molar-refractivity contribution in [2.75, 3.05) is 13.2 Å². The van der Waals surface area contributed by atoms with E-state index in [-0.39, 0.29) is 0 Å². The van der Waals surface area contributed by atoms with Crippen LogP contribution in [-0.2, 0) is 0 Å². The summed E-state index contributed by atoms with van der Waals surface area (Å²) < 4.78 is 0. The Morgan fingerprint density at radius 1 is 1.36 bits per heavy atom. The van der Waals surface area contributed by atoms with Gasteiger partial charge in [0, 0.05) is 30.6 Å². The maximum atomic E-state index is 3.34. The Morgan fingerprint density at radius 3 is 2.79 bits per heavy atom. The Balaban J connectivity index is 2.10. The van der Waals surface area contributed by atoms with Crippen molar-refractivity contribution < 1.29 is 0 Å². The summed E-state index contributed by atoms with van der Waals surface area (Å²) >= 11 is 0. The molecule has 0 aromatic heterocycles. The largest absolute Gasteiger partial charge is 0.374 e. The van der Waals surface area contributed by atoms with Gasteiger partial charge in [-0.1, -0.05) is 13.8 Å². The van der Waals surface area contributed by atoms with E-state index in [0.717, 1.165) is 13.2 Å². The topological polar surface area (TPSA) is 27.3 Å². The average molecular weight is 193 g/mol. The fraction of sp³-hybridized carbons (Fsp3) is 0.636. The minimum Gasteiger partial charge on any atom is -0.374 e. The van der Waals surface area contributed by atoms with E-state index in [1.807, 2.05) is 0 Å². The van der Waals surface area contributed by atoms with E-state index in [1.165, 1.54) is 11.3 Å². The molecule has 0 saturated carbocycles. The monoisotopic (exact) mass is 193 g/mol. The van der Waals surface area contributed by atoms with Crippen LogP contribution in [0.1, 0.15) is 20.8 Å². The second-order valence-corrected chi connectivity index (χ2v) is 4.43. The number of rotatable bonds is 2. The summed E-state index contributed by atoms with van der Waals surface area (Å²) in [7, 11) is 0. The molecule has 3 nitrogen and oxygen atoms in total. The van der Waals surface area contributed by atoms with Gasteiger partial charge >= 0.3 is 0 Å². The maximum absolute atomic E-state index is 3.34. The normalized spacial score (nSPS) is 22.1. The Morgan fingerprint density at radius 2 is 2.14 bits per heavy atom. The van der Waals surface area contributed by atoms with Crippen LogP contribution in [0.4, 0.5) is 0 Å². The van der Waals surface area contributed by atoms with Crippen molar-refractivity contribution in [2.45, 2.75) is 26.8 Å². The number of fused-ring (bicyclic) bond motifs is 1. The van der Waals surface area contributed by atoms with Crippen LogP contribution in [0, 0.1) is 5.92 Å². The molecular formula is C11H19N3. The van der Waals surface area contributed by atoms with Crippen molar-refractivity contribution in [3.05, 3.63) is 23.7 Å². The molecule has 78 valence electrons. The summed E-state index contributed by atoms with van der Waals surface area (Å²) in [5, 5.41) is 6.55. The molecule has 2 N–H and O–H groups in total. The molecule has 2 heterocycles. The van der Waals surface area contributed by atoms with E-state index in [4.69, 9.17) is 0 Å². The highest BCUT2D eigenvalue weighted by molar-refractivity contribution is 5.36. The van der Waals surface area contributed by atoms with Gasteiger partial charge in [-0.3, -0.25) is 0 Å². The van der Waals surface area contributed by atoms with Crippen LogP contribution in [0.15, 0.2) is 23.7 Å². The molecule has 0 aromatic rings. The Kier molecular flexibility index (Phi) is 2.40. The van der Waals surface area contributed by atoms with Gasteiger partial charge in [0.2, 0.25) is 0 Å². The lowest BCUT2D eigenvalue weighted by Gasteiger charge is -2.27. The van der Waals surface area contributed by atoms with Gasteiger partial charge in [-0.15, -0.1) is 0 Å². The van der Waals surface area contributed by atoms with Crippen molar-refractivity contribution >= 4 is 0 Å². The van der Waals surface area contributed by atoms with E-state index in [0.29, 0.717) is 12.0 Å². The predicted molar refractivity (Wildman–Crippen MR) is 58.3 cm³/mol. The van der Waals surface area contributed by atoms with Gasteiger partial charge in [0.25, 0.3) is 0 Å².